The fraction of sp³-hybridized carbons (Fsp3) is 0.222. The number of aliphatic carboxylic acids is 1. The molecular formula is C9H8ClNO4. The van der Waals surface area contributed by atoms with E-state index < -0.39 is 10.9 Å². The van der Waals surface area contributed by atoms with Gasteiger partial charge in [0.25, 0.3) is 5.69 Å². The Labute approximate surface area is 90.4 Å². The normalized spacial score (nSPS) is 9.93. The maximum Gasteiger partial charge on any atom is 0.303 e. The van der Waals surface area contributed by atoms with Crippen molar-refractivity contribution in [2.45, 2.75) is 12.8 Å². The third kappa shape index (κ3) is 2.92. The zero-order valence-electron chi connectivity index (χ0n) is 7.64. The van der Waals surface area contributed by atoms with Crippen LogP contribution in [0.25, 0.3) is 0 Å². The second-order valence-electron chi connectivity index (χ2n) is 2.90. The van der Waals surface area contributed by atoms with Crippen molar-refractivity contribution in [3.8, 4) is 0 Å². The van der Waals surface area contributed by atoms with Gasteiger partial charge in [-0.15, -0.1) is 0 Å². The summed E-state index contributed by atoms with van der Waals surface area (Å²) in [6, 6.07) is 4.35. The summed E-state index contributed by atoms with van der Waals surface area (Å²) in [6.45, 7) is 0. The van der Waals surface area contributed by atoms with E-state index in [-0.39, 0.29) is 23.6 Å². The van der Waals surface area contributed by atoms with Gasteiger partial charge in [-0.3, -0.25) is 14.9 Å². The Balaban J connectivity index is 2.94. The van der Waals surface area contributed by atoms with Crippen LogP contribution in [0.3, 0.4) is 0 Å². The van der Waals surface area contributed by atoms with Gasteiger partial charge >= 0.3 is 5.97 Å². The van der Waals surface area contributed by atoms with Gasteiger partial charge in [0.15, 0.2) is 0 Å². The van der Waals surface area contributed by atoms with Crippen LogP contribution >= 0.6 is 11.6 Å². The molecule has 0 heterocycles. The van der Waals surface area contributed by atoms with Crippen LogP contribution in [0.5, 0.6) is 0 Å². The minimum Gasteiger partial charge on any atom is -0.481 e. The maximum atomic E-state index is 10.5. The lowest BCUT2D eigenvalue weighted by atomic mass is 10.1. The van der Waals surface area contributed by atoms with Gasteiger partial charge in [-0.05, 0) is 12.0 Å². The number of carboxylic acids is 1. The molecule has 0 aliphatic carbocycles. The largest absolute Gasteiger partial charge is 0.481 e. The molecule has 0 spiro atoms. The number of rotatable bonds is 4. The van der Waals surface area contributed by atoms with E-state index in [1.165, 1.54) is 12.1 Å². The first kappa shape index (κ1) is 11.5. The number of nitro benzene ring substituents is 1. The first-order valence-electron chi connectivity index (χ1n) is 4.16. The highest BCUT2D eigenvalue weighted by Crippen LogP contribution is 2.28. The van der Waals surface area contributed by atoms with Crippen molar-refractivity contribution in [1.82, 2.24) is 0 Å². The van der Waals surface area contributed by atoms with Gasteiger partial charge in [-0.1, -0.05) is 23.7 Å². The molecule has 1 aromatic carbocycles. The minimum atomic E-state index is -0.961. The zero-order valence-corrected chi connectivity index (χ0v) is 8.40. The smallest absolute Gasteiger partial charge is 0.303 e. The molecule has 6 heteroatoms. The topological polar surface area (TPSA) is 80.4 Å². The molecule has 0 atom stereocenters. The van der Waals surface area contributed by atoms with Crippen LogP contribution in [0.1, 0.15) is 12.0 Å². The van der Waals surface area contributed by atoms with Crippen LogP contribution < -0.4 is 0 Å². The van der Waals surface area contributed by atoms with Crippen molar-refractivity contribution in [2.24, 2.45) is 0 Å². The summed E-state index contributed by atoms with van der Waals surface area (Å²) in [7, 11) is 0. The van der Waals surface area contributed by atoms with Gasteiger partial charge in [-0.25, -0.2) is 0 Å². The predicted molar refractivity (Wildman–Crippen MR) is 54.1 cm³/mol. The Kier molecular flexibility index (Phi) is 3.62. The molecule has 1 rings (SSSR count). The number of hydrogen-bond acceptors (Lipinski definition) is 3. The van der Waals surface area contributed by atoms with E-state index in [9.17, 15) is 14.9 Å². The lowest BCUT2D eigenvalue weighted by molar-refractivity contribution is -0.384. The van der Waals surface area contributed by atoms with Crippen molar-refractivity contribution < 1.29 is 14.8 Å². The Hall–Kier alpha value is -1.62. The SMILES string of the molecule is O=C(O)CCc1cccc([N+](=O)[O-])c1Cl. The first-order valence-corrected chi connectivity index (χ1v) is 4.53. The van der Waals surface area contributed by atoms with Crippen LogP contribution in [0.15, 0.2) is 18.2 Å². The van der Waals surface area contributed by atoms with Crippen LogP contribution in [0, 0.1) is 10.1 Å². The molecule has 0 saturated carbocycles. The van der Waals surface area contributed by atoms with Gasteiger partial charge in [0.05, 0.1) is 4.92 Å². The number of aryl methyl sites for hydroxylation is 1. The molecule has 1 N–H and O–H groups in total. The molecule has 0 amide bonds. The number of carboxylic acid groups (broad SMARTS) is 1. The average molecular weight is 230 g/mol. The quantitative estimate of drug-likeness (QED) is 0.634. The number of benzene rings is 1. The molecule has 0 aromatic heterocycles. The number of nitrogens with zero attached hydrogens (tertiary/aromatic N) is 1. The van der Waals surface area contributed by atoms with Crippen molar-refractivity contribution in [2.75, 3.05) is 0 Å². The second kappa shape index (κ2) is 4.75. The Bertz CT molecular complexity index is 405. The van der Waals surface area contributed by atoms with E-state index >= 15 is 0 Å². The van der Waals surface area contributed by atoms with E-state index in [1.54, 1.807) is 6.07 Å². The number of halogens is 1. The molecule has 0 aliphatic rings. The molecule has 0 radical (unpaired) electrons. The molecule has 0 bridgehead atoms. The van der Waals surface area contributed by atoms with Crippen molar-refractivity contribution in [1.29, 1.82) is 0 Å². The third-order valence-electron chi connectivity index (χ3n) is 1.86. The Morgan fingerprint density at radius 3 is 2.73 bits per heavy atom. The number of carbonyl (C=O) groups is 1. The monoisotopic (exact) mass is 229 g/mol. The molecule has 0 fully saturated rings. The Morgan fingerprint density at radius 2 is 2.20 bits per heavy atom. The maximum absolute atomic E-state index is 10.5. The highest BCUT2D eigenvalue weighted by Gasteiger charge is 2.15. The lowest BCUT2D eigenvalue weighted by Gasteiger charge is -2.02. The number of nitro groups is 1. The standard InChI is InChI=1S/C9H8ClNO4/c10-9-6(4-5-8(12)13)2-1-3-7(9)11(14)15/h1-3H,4-5H2,(H,12,13). The van der Waals surface area contributed by atoms with Gasteiger partial charge < -0.3 is 5.11 Å². The van der Waals surface area contributed by atoms with E-state index in [0.29, 0.717) is 5.56 Å². The highest BCUT2D eigenvalue weighted by molar-refractivity contribution is 6.33. The van der Waals surface area contributed by atoms with Crippen LogP contribution in [0.4, 0.5) is 5.69 Å². The van der Waals surface area contributed by atoms with Crippen LogP contribution in [-0.4, -0.2) is 16.0 Å². The predicted octanol–water partition coefficient (Wildman–Crippen LogP) is 2.27. The average Bonchev–Trinajstić information content (AvgIpc) is 2.15. The summed E-state index contributed by atoms with van der Waals surface area (Å²) in [5.41, 5.74) is 0.285. The molecule has 0 aliphatic heterocycles. The van der Waals surface area contributed by atoms with E-state index in [0.717, 1.165) is 0 Å². The van der Waals surface area contributed by atoms with Gasteiger partial charge in [-0.2, -0.15) is 0 Å². The molecular weight excluding hydrogens is 222 g/mol. The summed E-state index contributed by atoms with van der Waals surface area (Å²) in [5, 5.41) is 19.0. The Morgan fingerprint density at radius 1 is 1.53 bits per heavy atom. The first-order chi connectivity index (χ1) is 7.02. The van der Waals surface area contributed by atoms with Crippen molar-refractivity contribution >= 4 is 23.3 Å². The summed E-state index contributed by atoms with van der Waals surface area (Å²) in [4.78, 5) is 20.3. The summed E-state index contributed by atoms with van der Waals surface area (Å²) < 4.78 is 0. The van der Waals surface area contributed by atoms with E-state index in [1.807, 2.05) is 0 Å². The molecule has 80 valence electrons. The van der Waals surface area contributed by atoms with Crippen molar-refractivity contribution in [3.63, 3.8) is 0 Å². The summed E-state index contributed by atoms with van der Waals surface area (Å²) in [6.07, 6.45) is 0.0940. The molecule has 0 unspecified atom stereocenters. The lowest BCUT2D eigenvalue weighted by Crippen LogP contribution is -1.99. The molecule has 1 aromatic rings. The fourth-order valence-corrected chi connectivity index (χ4v) is 1.43. The zero-order chi connectivity index (χ0) is 11.4. The van der Waals surface area contributed by atoms with Crippen LogP contribution in [0.2, 0.25) is 5.02 Å². The van der Waals surface area contributed by atoms with Gasteiger partial charge in [0, 0.05) is 12.5 Å². The minimum absolute atomic E-state index is 0.0174. The number of hydrogen-bond donors (Lipinski definition) is 1. The summed E-state index contributed by atoms with van der Waals surface area (Å²) in [5.74, 6) is -0.961. The van der Waals surface area contributed by atoms with E-state index in [4.69, 9.17) is 16.7 Å². The fourth-order valence-electron chi connectivity index (χ4n) is 1.14. The van der Waals surface area contributed by atoms with Crippen LogP contribution in [-0.2, 0) is 11.2 Å². The van der Waals surface area contributed by atoms with E-state index in [2.05, 4.69) is 0 Å². The second-order valence-corrected chi connectivity index (χ2v) is 3.28. The molecule has 0 saturated heterocycles. The third-order valence-corrected chi connectivity index (χ3v) is 2.30. The molecule has 15 heavy (non-hydrogen) atoms. The van der Waals surface area contributed by atoms with Gasteiger partial charge in [0.1, 0.15) is 5.02 Å². The molecule has 5 nitrogen and oxygen atoms in total. The van der Waals surface area contributed by atoms with Crippen molar-refractivity contribution in [3.05, 3.63) is 38.9 Å². The van der Waals surface area contributed by atoms with Gasteiger partial charge in [0.2, 0.25) is 0 Å². The summed E-state index contributed by atoms with van der Waals surface area (Å²) >= 11 is 5.75. The highest BCUT2D eigenvalue weighted by atomic mass is 35.5.